The average molecular weight is 211 g/mol. The third-order valence-electron chi connectivity index (χ3n) is 2.39. The lowest BCUT2D eigenvalue weighted by Gasteiger charge is -2.04. The topological polar surface area (TPSA) is 69.6 Å². The highest BCUT2D eigenvalue weighted by Gasteiger charge is 2.07. The summed E-state index contributed by atoms with van der Waals surface area (Å²) in [5.74, 6) is 1.00. The Balaban J connectivity index is 2.31. The Morgan fingerprint density at radius 3 is 2.69 bits per heavy atom. The molecule has 3 aromatic rings. The molecular formula is C11H9N5. The van der Waals surface area contributed by atoms with Crippen LogP contribution in [0.1, 0.15) is 0 Å². The van der Waals surface area contributed by atoms with Gasteiger partial charge in [-0.25, -0.2) is 15.0 Å². The van der Waals surface area contributed by atoms with Crippen LogP contribution in [-0.2, 0) is 0 Å². The molecular weight excluding hydrogens is 202 g/mol. The number of rotatable bonds is 1. The lowest BCUT2D eigenvalue weighted by molar-refractivity contribution is 1.00. The summed E-state index contributed by atoms with van der Waals surface area (Å²) >= 11 is 0. The van der Waals surface area contributed by atoms with Crippen molar-refractivity contribution in [3.8, 4) is 5.82 Å². The molecule has 0 spiro atoms. The maximum atomic E-state index is 5.78. The number of imidazole rings is 1. The van der Waals surface area contributed by atoms with E-state index in [1.54, 1.807) is 18.7 Å². The summed E-state index contributed by atoms with van der Waals surface area (Å²) in [5.41, 5.74) is 7.66. The van der Waals surface area contributed by atoms with E-state index in [4.69, 9.17) is 5.73 Å². The molecule has 5 nitrogen and oxygen atoms in total. The van der Waals surface area contributed by atoms with E-state index in [-0.39, 0.29) is 0 Å². The summed E-state index contributed by atoms with van der Waals surface area (Å²) in [4.78, 5) is 12.5. The van der Waals surface area contributed by atoms with Crippen molar-refractivity contribution in [2.75, 3.05) is 5.73 Å². The van der Waals surface area contributed by atoms with Gasteiger partial charge in [-0.3, -0.25) is 4.57 Å². The van der Waals surface area contributed by atoms with Crippen LogP contribution in [0.25, 0.3) is 16.9 Å². The number of fused-ring (bicyclic) bond motifs is 1. The van der Waals surface area contributed by atoms with Crippen LogP contribution in [0, 0.1) is 0 Å². The highest BCUT2D eigenvalue weighted by molar-refractivity contribution is 5.77. The number of nitrogens with zero attached hydrogens (tertiary/aromatic N) is 4. The fourth-order valence-electron chi connectivity index (χ4n) is 1.66. The summed E-state index contributed by atoms with van der Waals surface area (Å²) in [6, 6.07) is 7.81. The summed E-state index contributed by atoms with van der Waals surface area (Å²) in [6.45, 7) is 0. The van der Waals surface area contributed by atoms with Crippen LogP contribution in [0.5, 0.6) is 0 Å². The lowest BCUT2D eigenvalue weighted by atomic mass is 10.3. The Kier molecular flexibility index (Phi) is 1.83. The van der Waals surface area contributed by atoms with E-state index in [1.165, 1.54) is 0 Å². The molecule has 2 heterocycles. The molecule has 3 rings (SSSR count). The van der Waals surface area contributed by atoms with Crippen LogP contribution < -0.4 is 5.73 Å². The van der Waals surface area contributed by atoms with Gasteiger partial charge in [0.1, 0.15) is 6.33 Å². The van der Waals surface area contributed by atoms with Crippen molar-refractivity contribution in [2.45, 2.75) is 0 Å². The highest BCUT2D eigenvalue weighted by atomic mass is 15.1. The number of anilines is 1. The summed E-state index contributed by atoms with van der Waals surface area (Å²) in [7, 11) is 0. The number of hydrogen-bond donors (Lipinski definition) is 1. The molecule has 0 atom stereocenters. The number of hydrogen-bond acceptors (Lipinski definition) is 4. The van der Waals surface area contributed by atoms with Crippen LogP contribution in [0.2, 0.25) is 0 Å². The summed E-state index contributed by atoms with van der Waals surface area (Å²) < 4.78 is 1.83. The third kappa shape index (κ3) is 1.22. The van der Waals surface area contributed by atoms with Crippen LogP contribution in [0.4, 0.5) is 5.82 Å². The largest absolute Gasteiger partial charge is 0.381 e. The minimum absolute atomic E-state index is 0.394. The van der Waals surface area contributed by atoms with Crippen LogP contribution in [0.3, 0.4) is 0 Å². The van der Waals surface area contributed by atoms with Gasteiger partial charge in [0.05, 0.1) is 11.0 Å². The molecule has 0 bridgehead atoms. The number of aromatic nitrogens is 4. The predicted octanol–water partition coefficient (Wildman–Crippen LogP) is 1.40. The van der Waals surface area contributed by atoms with Gasteiger partial charge in [-0.15, -0.1) is 0 Å². The summed E-state index contributed by atoms with van der Waals surface area (Å²) in [6.07, 6.45) is 4.88. The first kappa shape index (κ1) is 8.84. The van der Waals surface area contributed by atoms with E-state index in [9.17, 15) is 0 Å². The first-order chi connectivity index (χ1) is 7.86. The minimum atomic E-state index is 0.394. The second kappa shape index (κ2) is 3.30. The first-order valence-corrected chi connectivity index (χ1v) is 4.85. The van der Waals surface area contributed by atoms with Crippen molar-refractivity contribution in [3.05, 3.63) is 43.0 Å². The highest BCUT2D eigenvalue weighted by Crippen LogP contribution is 2.18. The standard InChI is InChI=1S/C11H9N5/c12-10-11(14-6-5-13-10)16-7-15-8-3-1-2-4-9(8)16/h1-7H,(H2,12,13). The molecule has 0 saturated carbocycles. The van der Waals surface area contributed by atoms with Crippen LogP contribution >= 0.6 is 0 Å². The molecule has 78 valence electrons. The second-order valence-corrected chi connectivity index (χ2v) is 3.37. The SMILES string of the molecule is Nc1nccnc1-n1cnc2ccccc21. The Bertz CT molecular complexity index is 643. The number of benzene rings is 1. The molecule has 2 N–H and O–H groups in total. The van der Waals surface area contributed by atoms with Gasteiger partial charge in [-0.2, -0.15) is 0 Å². The molecule has 16 heavy (non-hydrogen) atoms. The van der Waals surface area contributed by atoms with E-state index in [0.29, 0.717) is 11.6 Å². The fourth-order valence-corrected chi connectivity index (χ4v) is 1.66. The van der Waals surface area contributed by atoms with Crippen molar-refractivity contribution in [1.29, 1.82) is 0 Å². The van der Waals surface area contributed by atoms with Crippen molar-refractivity contribution in [1.82, 2.24) is 19.5 Å². The van der Waals surface area contributed by atoms with Gasteiger partial charge in [0.15, 0.2) is 11.6 Å². The molecule has 0 aliphatic rings. The van der Waals surface area contributed by atoms with Crippen LogP contribution in [-0.4, -0.2) is 19.5 Å². The monoisotopic (exact) mass is 211 g/mol. The van der Waals surface area contributed by atoms with E-state index >= 15 is 0 Å². The normalized spacial score (nSPS) is 10.8. The molecule has 0 fully saturated rings. The Morgan fingerprint density at radius 1 is 1.00 bits per heavy atom. The molecule has 0 aliphatic carbocycles. The van der Waals surface area contributed by atoms with E-state index < -0.39 is 0 Å². The third-order valence-corrected chi connectivity index (χ3v) is 2.39. The van der Waals surface area contributed by atoms with Gasteiger partial charge in [0, 0.05) is 12.4 Å². The molecule has 0 saturated heterocycles. The average Bonchev–Trinajstić information content (AvgIpc) is 2.74. The van der Waals surface area contributed by atoms with Crippen molar-refractivity contribution >= 4 is 16.9 Å². The van der Waals surface area contributed by atoms with E-state index in [2.05, 4.69) is 15.0 Å². The zero-order valence-corrected chi connectivity index (χ0v) is 8.41. The van der Waals surface area contributed by atoms with Gasteiger partial charge >= 0.3 is 0 Å². The summed E-state index contributed by atoms with van der Waals surface area (Å²) in [5, 5.41) is 0. The van der Waals surface area contributed by atoms with Crippen molar-refractivity contribution in [2.24, 2.45) is 0 Å². The van der Waals surface area contributed by atoms with Crippen molar-refractivity contribution < 1.29 is 0 Å². The molecule has 0 amide bonds. The van der Waals surface area contributed by atoms with Gasteiger partial charge in [0.2, 0.25) is 0 Å². The van der Waals surface area contributed by atoms with E-state index in [1.807, 2.05) is 28.8 Å². The predicted molar refractivity (Wildman–Crippen MR) is 61.1 cm³/mol. The van der Waals surface area contributed by atoms with Crippen LogP contribution in [0.15, 0.2) is 43.0 Å². The zero-order valence-electron chi connectivity index (χ0n) is 8.41. The van der Waals surface area contributed by atoms with Crippen molar-refractivity contribution in [3.63, 3.8) is 0 Å². The molecule has 0 aliphatic heterocycles. The second-order valence-electron chi connectivity index (χ2n) is 3.37. The van der Waals surface area contributed by atoms with E-state index in [0.717, 1.165) is 11.0 Å². The van der Waals surface area contributed by atoms with Gasteiger partial charge in [0.25, 0.3) is 0 Å². The number of para-hydroxylation sites is 2. The molecule has 0 unspecified atom stereocenters. The Labute approximate surface area is 91.6 Å². The van der Waals surface area contributed by atoms with Gasteiger partial charge in [-0.05, 0) is 12.1 Å². The molecule has 2 aromatic heterocycles. The van der Waals surface area contributed by atoms with Gasteiger partial charge in [-0.1, -0.05) is 12.1 Å². The molecule has 0 radical (unpaired) electrons. The first-order valence-electron chi connectivity index (χ1n) is 4.85. The molecule has 1 aromatic carbocycles. The lowest BCUT2D eigenvalue weighted by Crippen LogP contribution is -2.02. The van der Waals surface area contributed by atoms with Gasteiger partial charge < -0.3 is 5.73 Å². The number of nitrogens with two attached hydrogens (primary N) is 1. The fraction of sp³-hybridized carbons (Fsp3) is 0. The maximum absolute atomic E-state index is 5.78. The maximum Gasteiger partial charge on any atom is 0.181 e. The Morgan fingerprint density at radius 2 is 1.81 bits per heavy atom. The minimum Gasteiger partial charge on any atom is -0.381 e. The quantitative estimate of drug-likeness (QED) is 0.660. The number of nitrogen functional groups attached to an aromatic ring is 1. The Hall–Kier alpha value is -2.43. The molecule has 5 heteroatoms. The zero-order chi connectivity index (χ0) is 11.0. The smallest absolute Gasteiger partial charge is 0.181 e.